The first kappa shape index (κ1) is 16.5. The van der Waals surface area contributed by atoms with E-state index in [1.165, 1.54) is 6.92 Å². The summed E-state index contributed by atoms with van der Waals surface area (Å²) in [6.45, 7) is 6.96. The molecule has 0 aromatic rings. The predicted octanol–water partition coefficient (Wildman–Crippen LogP) is -3.57. The first-order chi connectivity index (χ1) is 5.73. The van der Waals surface area contributed by atoms with Gasteiger partial charge in [0.15, 0.2) is 0 Å². The molecule has 0 aliphatic carbocycles. The van der Waals surface area contributed by atoms with E-state index in [1.54, 1.807) is 4.90 Å². The Morgan fingerprint density at radius 2 is 1.64 bits per heavy atom. The number of aliphatic carboxylic acids is 1. The van der Waals surface area contributed by atoms with E-state index in [1.807, 2.05) is 20.8 Å². The average molecular weight is 209 g/mol. The van der Waals surface area contributed by atoms with E-state index in [0.717, 1.165) is 0 Å². The summed E-state index contributed by atoms with van der Waals surface area (Å²) in [6, 6.07) is 0. The fraction of sp³-hybridized carbons (Fsp3) is 0.778. The molecule has 0 saturated carbocycles. The predicted molar refractivity (Wildman–Crippen MR) is 47.0 cm³/mol. The standard InChI is InChI=1S/C9H17NO3.Na/c1-7(11)5-10(6-8(12)13)9(2,3)4;/h5-6H2,1-4H3,(H,12,13);/q;+1/p-1. The maximum atomic E-state index is 10.8. The van der Waals surface area contributed by atoms with Gasteiger partial charge in [0.1, 0.15) is 5.78 Å². The maximum absolute atomic E-state index is 10.8. The van der Waals surface area contributed by atoms with E-state index in [2.05, 4.69) is 0 Å². The smallest absolute Gasteiger partial charge is 0.549 e. The number of carbonyl (C=O) groups excluding carboxylic acids is 2. The zero-order valence-corrected chi connectivity index (χ0v) is 11.6. The van der Waals surface area contributed by atoms with Crippen molar-refractivity contribution in [1.29, 1.82) is 0 Å². The Morgan fingerprint density at radius 3 is 1.86 bits per heavy atom. The molecule has 0 radical (unpaired) electrons. The van der Waals surface area contributed by atoms with Crippen molar-refractivity contribution in [3.8, 4) is 0 Å². The molecule has 0 N–H and O–H groups in total. The number of rotatable bonds is 4. The van der Waals surface area contributed by atoms with Gasteiger partial charge in [0, 0.05) is 12.1 Å². The Kier molecular flexibility index (Phi) is 7.74. The summed E-state index contributed by atoms with van der Waals surface area (Å²) in [7, 11) is 0. The number of hydrogen-bond donors (Lipinski definition) is 0. The van der Waals surface area contributed by atoms with E-state index >= 15 is 0 Å². The van der Waals surface area contributed by atoms with Crippen molar-refractivity contribution in [2.24, 2.45) is 0 Å². The van der Waals surface area contributed by atoms with Gasteiger partial charge in [0.25, 0.3) is 0 Å². The van der Waals surface area contributed by atoms with Crippen molar-refractivity contribution in [1.82, 2.24) is 4.90 Å². The molecule has 0 aliphatic heterocycles. The van der Waals surface area contributed by atoms with E-state index in [4.69, 9.17) is 0 Å². The van der Waals surface area contributed by atoms with Crippen molar-refractivity contribution in [3.63, 3.8) is 0 Å². The molecule has 0 aromatic heterocycles. The average Bonchev–Trinajstić information content (AvgIpc) is 1.81. The van der Waals surface area contributed by atoms with Gasteiger partial charge in [-0.25, -0.2) is 0 Å². The normalized spacial score (nSPS) is 10.9. The van der Waals surface area contributed by atoms with Gasteiger partial charge in [0.2, 0.25) is 0 Å². The largest absolute Gasteiger partial charge is 1.00 e. The summed E-state index contributed by atoms with van der Waals surface area (Å²) in [5, 5.41) is 10.4. The molecule has 0 atom stereocenters. The summed E-state index contributed by atoms with van der Waals surface area (Å²) >= 11 is 0. The number of carboxylic acid groups (broad SMARTS) is 1. The molecule has 0 bridgehead atoms. The zero-order chi connectivity index (χ0) is 10.6. The molecular weight excluding hydrogens is 193 g/mol. The summed E-state index contributed by atoms with van der Waals surface area (Å²) in [6.07, 6.45) is 0. The molecule has 0 unspecified atom stereocenters. The summed E-state index contributed by atoms with van der Waals surface area (Å²) in [5.74, 6) is -1.20. The van der Waals surface area contributed by atoms with E-state index < -0.39 is 5.97 Å². The molecule has 4 nitrogen and oxygen atoms in total. The Bertz CT molecular complexity index is 195. The van der Waals surface area contributed by atoms with Crippen molar-refractivity contribution >= 4 is 11.8 Å². The minimum Gasteiger partial charge on any atom is -0.549 e. The van der Waals surface area contributed by atoms with Crippen LogP contribution in [0.3, 0.4) is 0 Å². The van der Waals surface area contributed by atoms with E-state index in [9.17, 15) is 14.7 Å². The topological polar surface area (TPSA) is 60.4 Å². The van der Waals surface area contributed by atoms with Gasteiger partial charge >= 0.3 is 29.6 Å². The number of ketones is 1. The quantitative estimate of drug-likeness (QED) is 0.449. The van der Waals surface area contributed by atoms with Crippen LogP contribution in [0.5, 0.6) is 0 Å². The van der Waals surface area contributed by atoms with Crippen LogP contribution in [0.2, 0.25) is 0 Å². The number of carbonyl (C=O) groups is 2. The molecule has 0 amide bonds. The van der Waals surface area contributed by atoms with Gasteiger partial charge in [0.05, 0.1) is 12.5 Å². The van der Waals surface area contributed by atoms with Crippen molar-refractivity contribution in [2.45, 2.75) is 33.2 Å². The molecule has 5 heteroatoms. The van der Waals surface area contributed by atoms with Crippen molar-refractivity contribution < 1.29 is 44.3 Å². The van der Waals surface area contributed by atoms with Crippen molar-refractivity contribution in [3.05, 3.63) is 0 Å². The molecule has 0 fully saturated rings. The van der Waals surface area contributed by atoms with Crippen LogP contribution in [0.25, 0.3) is 0 Å². The molecule has 0 heterocycles. The van der Waals surface area contributed by atoms with Gasteiger partial charge in [-0.2, -0.15) is 0 Å². The third kappa shape index (κ3) is 7.50. The van der Waals surface area contributed by atoms with Gasteiger partial charge < -0.3 is 9.90 Å². The fourth-order valence-electron chi connectivity index (χ4n) is 0.955. The molecule has 0 spiro atoms. The van der Waals surface area contributed by atoms with Gasteiger partial charge in [-0.15, -0.1) is 0 Å². The number of Topliss-reactive ketones (excluding diaryl/α,β-unsaturated/α-hetero) is 1. The third-order valence-corrected chi connectivity index (χ3v) is 1.68. The molecule has 0 aliphatic rings. The second kappa shape index (κ2) is 6.56. The van der Waals surface area contributed by atoms with Crippen LogP contribution in [0.1, 0.15) is 27.7 Å². The molecular formula is C9H16NNaO3. The van der Waals surface area contributed by atoms with E-state index in [0.29, 0.717) is 0 Å². The fourth-order valence-corrected chi connectivity index (χ4v) is 0.955. The Hall–Kier alpha value is 0.100. The Labute approximate surface area is 107 Å². The van der Waals surface area contributed by atoms with Crippen LogP contribution in [0.15, 0.2) is 0 Å². The number of nitrogens with zero attached hydrogens (tertiary/aromatic N) is 1. The second-order valence-corrected chi connectivity index (χ2v) is 4.10. The van der Waals surface area contributed by atoms with Crippen LogP contribution < -0.4 is 34.7 Å². The summed E-state index contributed by atoms with van der Waals surface area (Å²) in [5.41, 5.74) is -0.328. The SMILES string of the molecule is CC(=O)CN(CC(=O)[O-])C(C)(C)C.[Na+]. The maximum Gasteiger partial charge on any atom is 1.00 e. The van der Waals surface area contributed by atoms with Gasteiger partial charge in [-0.05, 0) is 27.7 Å². The number of carboxylic acids is 1. The van der Waals surface area contributed by atoms with Crippen molar-refractivity contribution in [2.75, 3.05) is 13.1 Å². The van der Waals surface area contributed by atoms with Crippen LogP contribution in [0.4, 0.5) is 0 Å². The van der Waals surface area contributed by atoms with Crippen LogP contribution >= 0.6 is 0 Å². The molecule has 14 heavy (non-hydrogen) atoms. The molecule has 0 saturated heterocycles. The Morgan fingerprint density at radius 1 is 1.21 bits per heavy atom. The Balaban J connectivity index is 0. The molecule has 0 aromatic carbocycles. The zero-order valence-electron chi connectivity index (χ0n) is 9.59. The van der Waals surface area contributed by atoms with Crippen LogP contribution in [-0.2, 0) is 9.59 Å². The monoisotopic (exact) mass is 209 g/mol. The molecule has 76 valence electrons. The second-order valence-electron chi connectivity index (χ2n) is 4.10. The molecule has 0 rings (SSSR count). The summed E-state index contributed by atoms with van der Waals surface area (Å²) in [4.78, 5) is 22.8. The minimum atomic E-state index is -1.16. The van der Waals surface area contributed by atoms with E-state index in [-0.39, 0.29) is 54.0 Å². The van der Waals surface area contributed by atoms with Crippen LogP contribution in [0, 0.1) is 0 Å². The third-order valence-electron chi connectivity index (χ3n) is 1.68. The first-order valence-corrected chi connectivity index (χ1v) is 4.18. The summed E-state index contributed by atoms with van der Waals surface area (Å²) < 4.78 is 0. The first-order valence-electron chi connectivity index (χ1n) is 4.18. The van der Waals surface area contributed by atoms with Gasteiger partial charge in [-0.1, -0.05) is 0 Å². The number of hydrogen-bond acceptors (Lipinski definition) is 4. The van der Waals surface area contributed by atoms with Crippen LogP contribution in [-0.4, -0.2) is 35.3 Å². The van der Waals surface area contributed by atoms with Gasteiger partial charge in [-0.3, -0.25) is 9.69 Å². The minimum absolute atomic E-state index is 0.